The Morgan fingerprint density at radius 3 is 2.65 bits per heavy atom. The molecule has 110 valence electrons. The maximum atomic E-state index is 11.9. The zero-order valence-electron chi connectivity index (χ0n) is 11.9. The molecule has 1 amide bonds. The van der Waals surface area contributed by atoms with E-state index in [1.807, 2.05) is 6.92 Å². The third-order valence-electron chi connectivity index (χ3n) is 2.58. The molecule has 0 fully saturated rings. The van der Waals surface area contributed by atoms with Crippen molar-refractivity contribution >= 4 is 29.2 Å². The van der Waals surface area contributed by atoms with Crippen LogP contribution in [0.3, 0.4) is 0 Å². The summed E-state index contributed by atoms with van der Waals surface area (Å²) in [5.74, 6) is -0.535. The Morgan fingerprint density at radius 1 is 1.35 bits per heavy atom. The van der Waals surface area contributed by atoms with Gasteiger partial charge >= 0.3 is 5.97 Å². The molecule has 0 saturated carbocycles. The normalized spacial score (nSPS) is 10.4. The van der Waals surface area contributed by atoms with E-state index in [4.69, 9.17) is 16.3 Å². The quantitative estimate of drug-likeness (QED) is 0.817. The summed E-state index contributed by atoms with van der Waals surface area (Å²) < 4.78 is 4.82. The molecule has 1 aromatic rings. The van der Waals surface area contributed by atoms with Gasteiger partial charge < -0.3 is 10.1 Å². The lowest BCUT2D eigenvalue weighted by Gasteiger charge is -2.16. The first-order chi connectivity index (χ1) is 9.42. The number of aryl methyl sites for hydroxylation is 1. The molecule has 0 spiro atoms. The van der Waals surface area contributed by atoms with E-state index in [2.05, 4.69) is 5.32 Å². The van der Waals surface area contributed by atoms with Crippen LogP contribution in [0, 0.1) is 6.92 Å². The molecule has 0 radical (unpaired) electrons. The number of ether oxygens (including phenoxy) is 1. The van der Waals surface area contributed by atoms with E-state index in [0.29, 0.717) is 17.3 Å². The lowest BCUT2D eigenvalue weighted by atomic mass is 10.2. The average molecular weight is 299 g/mol. The summed E-state index contributed by atoms with van der Waals surface area (Å²) in [5.41, 5.74) is 1.60. The SMILES string of the molecule is CCOC(=O)CN(C)CC(=O)Nc1ccc(Cl)cc1C. The third-order valence-corrected chi connectivity index (χ3v) is 2.82. The second-order valence-electron chi connectivity index (χ2n) is 4.48. The number of hydrogen-bond acceptors (Lipinski definition) is 4. The first-order valence-electron chi connectivity index (χ1n) is 6.32. The highest BCUT2D eigenvalue weighted by Crippen LogP contribution is 2.19. The number of carbonyl (C=O) groups is 2. The zero-order valence-corrected chi connectivity index (χ0v) is 12.7. The van der Waals surface area contributed by atoms with Crippen LogP contribution in [0.5, 0.6) is 0 Å². The highest BCUT2D eigenvalue weighted by molar-refractivity contribution is 6.30. The first kappa shape index (κ1) is 16.5. The number of benzene rings is 1. The third kappa shape index (κ3) is 5.59. The molecule has 0 aliphatic rings. The van der Waals surface area contributed by atoms with Gasteiger partial charge in [-0.25, -0.2) is 0 Å². The number of nitrogens with one attached hydrogen (secondary N) is 1. The fourth-order valence-electron chi connectivity index (χ4n) is 1.69. The Kier molecular flexibility index (Phi) is 6.48. The largest absolute Gasteiger partial charge is 0.465 e. The lowest BCUT2D eigenvalue weighted by Crippen LogP contribution is -2.34. The number of halogens is 1. The van der Waals surface area contributed by atoms with Crippen molar-refractivity contribution in [3.8, 4) is 0 Å². The van der Waals surface area contributed by atoms with E-state index in [1.165, 1.54) is 0 Å². The molecular formula is C14H19ClN2O3. The monoisotopic (exact) mass is 298 g/mol. The van der Waals surface area contributed by atoms with Crippen molar-refractivity contribution in [3.63, 3.8) is 0 Å². The molecule has 0 bridgehead atoms. The topological polar surface area (TPSA) is 58.6 Å². The fraction of sp³-hybridized carbons (Fsp3) is 0.429. The lowest BCUT2D eigenvalue weighted by molar-refractivity contribution is -0.144. The minimum atomic E-state index is -0.342. The van der Waals surface area contributed by atoms with Gasteiger partial charge in [-0.2, -0.15) is 0 Å². The molecule has 0 aliphatic heterocycles. The number of carbonyl (C=O) groups excluding carboxylic acids is 2. The van der Waals surface area contributed by atoms with E-state index >= 15 is 0 Å². The summed E-state index contributed by atoms with van der Waals surface area (Å²) in [6, 6.07) is 5.24. The van der Waals surface area contributed by atoms with Gasteiger partial charge in [0.15, 0.2) is 0 Å². The molecule has 5 nitrogen and oxygen atoms in total. The van der Waals surface area contributed by atoms with Crippen molar-refractivity contribution in [1.29, 1.82) is 0 Å². The molecule has 0 saturated heterocycles. The van der Waals surface area contributed by atoms with Crippen LogP contribution in [0.2, 0.25) is 5.02 Å². The number of nitrogens with zero attached hydrogens (tertiary/aromatic N) is 1. The first-order valence-corrected chi connectivity index (χ1v) is 6.70. The Bertz CT molecular complexity index is 491. The van der Waals surface area contributed by atoms with Gasteiger partial charge in [0.25, 0.3) is 0 Å². The summed E-state index contributed by atoms with van der Waals surface area (Å²) in [7, 11) is 1.69. The van der Waals surface area contributed by atoms with Crippen molar-refractivity contribution in [1.82, 2.24) is 4.90 Å². The van der Waals surface area contributed by atoms with Crippen LogP contribution >= 0.6 is 11.6 Å². The average Bonchev–Trinajstić information content (AvgIpc) is 2.32. The number of likely N-dealkylation sites (N-methyl/N-ethyl adjacent to an activating group) is 1. The Morgan fingerprint density at radius 2 is 2.05 bits per heavy atom. The van der Waals surface area contributed by atoms with E-state index in [9.17, 15) is 9.59 Å². The van der Waals surface area contributed by atoms with E-state index in [0.717, 1.165) is 5.56 Å². The number of hydrogen-bond donors (Lipinski definition) is 1. The predicted octanol–water partition coefficient (Wildman–Crippen LogP) is 2.08. The maximum Gasteiger partial charge on any atom is 0.320 e. The van der Waals surface area contributed by atoms with Crippen molar-refractivity contribution in [2.24, 2.45) is 0 Å². The van der Waals surface area contributed by atoms with Crippen molar-refractivity contribution in [3.05, 3.63) is 28.8 Å². The smallest absolute Gasteiger partial charge is 0.320 e. The van der Waals surface area contributed by atoms with Gasteiger partial charge in [-0.05, 0) is 44.7 Å². The Labute approximate surface area is 123 Å². The number of rotatable bonds is 6. The van der Waals surface area contributed by atoms with Gasteiger partial charge in [0, 0.05) is 10.7 Å². The van der Waals surface area contributed by atoms with Crippen LogP contribution in [-0.2, 0) is 14.3 Å². The van der Waals surface area contributed by atoms with E-state index < -0.39 is 0 Å². The van der Waals surface area contributed by atoms with Crippen molar-refractivity contribution in [2.75, 3.05) is 32.1 Å². The fourth-order valence-corrected chi connectivity index (χ4v) is 1.91. The minimum Gasteiger partial charge on any atom is -0.465 e. The molecule has 0 aliphatic carbocycles. The summed E-state index contributed by atoms with van der Waals surface area (Å²) >= 11 is 5.85. The predicted molar refractivity (Wildman–Crippen MR) is 78.9 cm³/mol. The molecule has 20 heavy (non-hydrogen) atoms. The van der Waals surface area contributed by atoms with E-state index in [-0.39, 0.29) is 25.0 Å². The van der Waals surface area contributed by atoms with Gasteiger partial charge in [-0.3, -0.25) is 14.5 Å². The molecule has 1 rings (SSSR count). The van der Waals surface area contributed by atoms with Crippen LogP contribution in [0.25, 0.3) is 0 Å². The number of amides is 1. The number of esters is 1. The standard InChI is InChI=1S/C14H19ClN2O3/c1-4-20-14(19)9-17(3)8-13(18)16-12-6-5-11(15)7-10(12)2/h5-7H,4,8-9H2,1-3H3,(H,16,18). The van der Waals surface area contributed by atoms with E-state index in [1.54, 1.807) is 37.1 Å². The second kappa shape index (κ2) is 7.87. The summed E-state index contributed by atoms with van der Waals surface area (Å²) in [6.45, 7) is 4.14. The van der Waals surface area contributed by atoms with Crippen molar-refractivity contribution < 1.29 is 14.3 Å². The molecule has 0 atom stereocenters. The van der Waals surface area contributed by atoms with Gasteiger partial charge in [-0.1, -0.05) is 11.6 Å². The Hall–Kier alpha value is -1.59. The highest BCUT2D eigenvalue weighted by atomic mass is 35.5. The van der Waals surface area contributed by atoms with Crippen LogP contribution in [-0.4, -0.2) is 43.5 Å². The molecular weight excluding hydrogens is 280 g/mol. The van der Waals surface area contributed by atoms with Gasteiger partial charge in [0.05, 0.1) is 19.7 Å². The maximum absolute atomic E-state index is 11.9. The number of anilines is 1. The van der Waals surface area contributed by atoms with Crippen LogP contribution < -0.4 is 5.32 Å². The zero-order chi connectivity index (χ0) is 15.1. The summed E-state index contributed by atoms with van der Waals surface area (Å²) in [4.78, 5) is 24.7. The molecule has 1 aromatic carbocycles. The molecule has 6 heteroatoms. The van der Waals surface area contributed by atoms with Crippen LogP contribution in [0.1, 0.15) is 12.5 Å². The highest BCUT2D eigenvalue weighted by Gasteiger charge is 2.12. The second-order valence-corrected chi connectivity index (χ2v) is 4.92. The molecule has 0 unspecified atom stereocenters. The van der Waals surface area contributed by atoms with Gasteiger partial charge in [0.1, 0.15) is 0 Å². The van der Waals surface area contributed by atoms with Crippen LogP contribution in [0.4, 0.5) is 5.69 Å². The van der Waals surface area contributed by atoms with Crippen LogP contribution in [0.15, 0.2) is 18.2 Å². The molecule has 0 aromatic heterocycles. The van der Waals surface area contributed by atoms with Gasteiger partial charge in [0.2, 0.25) is 5.91 Å². The van der Waals surface area contributed by atoms with Gasteiger partial charge in [-0.15, -0.1) is 0 Å². The Balaban J connectivity index is 2.49. The summed E-state index contributed by atoms with van der Waals surface area (Å²) in [5, 5.41) is 3.41. The van der Waals surface area contributed by atoms with Crippen molar-refractivity contribution in [2.45, 2.75) is 13.8 Å². The summed E-state index contributed by atoms with van der Waals surface area (Å²) in [6.07, 6.45) is 0. The minimum absolute atomic E-state index is 0.0842. The molecule has 1 N–H and O–H groups in total. The molecule has 0 heterocycles.